The summed E-state index contributed by atoms with van der Waals surface area (Å²) in [5.74, 6) is 0. The Balaban J connectivity index is 2.31. The van der Waals surface area contributed by atoms with E-state index >= 15 is 0 Å². The van der Waals surface area contributed by atoms with Gasteiger partial charge in [0.05, 0.1) is 5.25 Å². The first-order valence-electron chi connectivity index (χ1n) is 6.64. The summed E-state index contributed by atoms with van der Waals surface area (Å²) >= 11 is 1.51. The van der Waals surface area contributed by atoms with Gasteiger partial charge >= 0.3 is 5.69 Å². The van der Waals surface area contributed by atoms with Crippen molar-refractivity contribution in [1.82, 2.24) is 19.7 Å². The molecular formula is C13H19N5OS. The third-order valence-corrected chi connectivity index (χ3v) is 4.56. The summed E-state index contributed by atoms with van der Waals surface area (Å²) < 4.78 is 1.61. The zero-order valence-corrected chi connectivity index (χ0v) is 12.4. The molecule has 0 radical (unpaired) electrons. The topological polar surface area (TPSA) is 89.6 Å². The highest BCUT2D eigenvalue weighted by atomic mass is 32.2. The normalized spacial score (nSPS) is 14.2. The highest BCUT2D eigenvalue weighted by molar-refractivity contribution is 7.99. The molecule has 2 aromatic heterocycles. The maximum absolute atomic E-state index is 11.6. The minimum atomic E-state index is -0.187. The van der Waals surface area contributed by atoms with E-state index in [1.165, 1.54) is 11.8 Å². The molecule has 0 amide bonds. The number of aromatic nitrogens is 4. The second-order valence-corrected chi connectivity index (χ2v) is 5.56. The van der Waals surface area contributed by atoms with Crippen molar-refractivity contribution in [3.63, 3.8) is 0 Å². The molecule has 108 valence electrons. The van der Waals surface area contributed by atoms with Crippen LogP contribution in [-0.2, 0) is 6.54 Å². The molecule has 7 heteroatoms. The standard InChI is InChI=1S/C13H19N5OS/c1-3-10(14)11(9-5-7-15-8-6-9)20-13-17-16-12(19)18(13)4-2/h5-8,10-11H,3-4,14H2,1-2H3,(H,16,19). The van der Waals surface area contributed by atoms with Crippen LogP contribution in [0.3, 0.4) is 0 Å². The van der Waals surface area contributed by atoms with Gasteiger partial charge in [0, 0.05) is 25.0 Å². The Morgan fingerprint density at radius 3 is 2.70 bits per heavy atom. The van der Waals surface area contributed by atoms with Crippen molar-refractivity contribution in [3.05, 3.63) is 40.6 Å². The Hall–Kier alpha value is -1.60. The van der Waals surface area contributed by atoms with Crippen LogP contribution in [0.5, 0.6) is 0 Å². The number of rotatable bonds is 6. The van der Waals surface area contributed by atoms with Crippen molar-refractivity contribution < 1.29 is 0 Å². The lowest BCUT2D eigenvalue weighted by Crippen LogP contribution is -2.26. The molecule has 0 aliphatic carbocycles. The summed E-state index contributed by atoms with van der Waals surface area (Å²) in [4.78, 5) is 15.6. The summed E-state index contributed by atoms with van der Waals surface area (Å²) in [5, 5.41) is 7.29. The molecule has 2 rings (SSSR count). The summed E-state index contributed by atoms with van der Waals surface area (Å²) in [7, 11) is 0. The molecule has 0 aromatic carbocycles. The predicted octanol–water partition coefficient (Wildman–Crippen LogP) is 1.56. The fourth-order valence-electron chi connectivity index (χ4n) is 1.96. The van der Waals surface area contributed by atoms with Gasteiger partial charge in [0.2, 0.25) is 0 Å². The minimum Gasteiger partial charge on any atom is -0.326 e. The van der Waals surface area contributed by atoms with E-state index in [9.17, 15) is 4.79 Å². The van der Waals surface area contributed by atoms with E-state index in [1.807, 2.05) is 19.1 Å². The van der Waals surface area contributed by atoms with E-state index < -0.39 is 0 Å². The lowest BCUT2D eigenvalue weighted by molar-refractivity contribution is 0.621. The summed E-state index contributed by atoms with van der Waals surface area (Å²) in [5.41, 5.74) is 7.14. The number of pyridine rings is 1. The van der Waals surface area contributed by atoms with Crippen molar-refractivity contribution >= 4 is 11.8 Å². The number of thioether (sulfide) groups is 1. The molecule has 2 unspecified atom stereocenters. The van der Waals surface area contributed by atoms with Gasteiger partial charge in [-0.1, -0.05) is 18.7 Å². The third-order valence-electron chi connectivity index (χ3n) is 3.17. The zero-order chi connectivity index (χ0) is 14.5. The molecule has 0 aliphatic rings. The van der Waals surface area contributed by atoms with Crippen LogP contribution in [0.2, 0.25) is 0 Å². The lowest BCUT2D eigenvalue weighted by Gasteiger charge is -2.22. The molecule has 2 heterocycles. The summed E-state index contributed by atoms with van der Waals surface area (Å²) in [6.45, 7) is 4.56. The quantitative estimate of drug-likeness (QED) is 0.789. The van der Waals surface area contributed by atoms with Gasteiger partial charge < -0.3 is 5.73 Å². The Morgan fingerprint density at radius 1 is 1.40 bits per heavy atom. The average Bonchev–Trinajstić information content (AvgIpc) is 2.84. The van der Waals surface area contributed by atoms with Gasteiger partial charge in [-0.2, -0.15) is 0 Å². The van der Waals surface area contributed by atoms with Gasteiger partial charge in [0.15, 0.2) is 5.16 Å². The smallest absolute Gasteiger partial charge is 0.326 e. The van der Waals surface area contributed by atoms with E-state index in [-0.39, 0.29) is 17.0 Å². The molecule has 3 N–H and O–H groups in total. The van der Waals surface area contributed by atoms with Crippen LogP contribution >= 0.6 is 11.8 Å². The Labute approximate surface area is 121 Å². The number of nitrogens with zero attached hydrogens (tertiary/aromatic N) is 3. The minimum absolute atomic E-state index is 0.0143. The van der Waals surface area contributed by atoms with Gasteiger partial charge in [0.25, 0.3) is 0 Å². The first-order valence-corrected chi connectivity index (χ1v) is 7.52. The zero-order valence-electron chi connectivity index (χ0n) is 11.6. The van der Waals surface area contributed by atoms with Crippen molar-refractivity contribution in [2.24, 2.45) is 5.73 Å². The van der Waals surface area contributed by atoms with Crippen LogP contribution in [0, 0.1) is 0 Å². The maximum atomic E-state index is 11.6. The van der Waals surface area contributed by atoms with Crippen LogP contribution in [0.4, 0.5) is 0 Å². The summed E-state index contributed by atoms with van der Waals surface area (Å²) in [6, 6.07) is 3.89. The number of nitrogens with one attached hydrogen (secondary N) is 1. The molecule has 6 nitrogen and oxygen atoms in total. The third kappa shape index (κ3) is 3.10. The molecule has 2 aromatic rings. The van der Waals surface area contributed by atoms with Gasteiger partial charge in [-0.05, 0) is 31.0 Å². The number of hydrogen-bond donors (Lipinski definition) is 2. The summed E-state index contributed by atoms with van der Waals surface area (Å²) in [6.07, 6.45) is 4.35. The number of aromatic amines is 1. The Bertz CT molecular complexity index is 594. The SMILES string of the molecule is CCC(N)C(Sc1n[nH]c(=O)n1CC)c1ccncc1. The molecule has 0 saturated carbocycles. The second-order valence-electron chi connectivity index (χ2n) is 4.45. The molecule has 20 heavy (non-hydrogen) atoms. The number of nitrogens with two attached hydrogens (primary N) is 1. The first kappa shape index (κ1) is 14.8. The van der Waals surface area contributed by atoms with E-state index in [1.54, 1.807) is 17.0 Å². The largest absolute Gasteiger partial charge is 0.343 e. The van der Waals surface area contributed by atoms with E-state index in [0.29, 0.717) is 11.7 Å². The molecule has 0 fully saturated rings. The fraction of sp³-hybridized carbons (Fsp3) is 0.462. The molecule has 0 aliphatic heterocycles. The lowest BCUT2D eigenvalue weighted by atomic mass is 10.1. The van der Waals surface area contributed by atoms with Gasteiger partial charge in [0.1, 0.15) is 0 Å². The number of hydrogen-bond acceptors (Lipinski definition) is 5. The molecular weight excluding hydrogens is 274 g/mol. The molecule has 2 atom stereocenters. The highest BCUT2D eigenvalue weighted by Gasteiger charge is 2.22. The van der Waals surface area contributed by atoms with Crippen LogP contribution in [0.15, 0.2) is 34.5 Å². The van der Waals surface area contributed by atoms with Crippen LogP contribution in [-0.4, -0.2) is 25.8 Å². The van der Waals surface area contributed by atoms with Crippen LogP contribution in [0.25, 0.3) is 0 Å². The van der Waals surface area contributed by atoms with Crippen molar-refractivity contribution in [2.45, 2.75) is 43.3 Å². The van der Waals surface area contributed by atoms with Crippen LogP contribution in [0.1, 0.15) is 31.1 Å². The molecule has 0 bridgehead atoms. The van der Waals surface area contributed by atoms with E-state index in [4.69, 9.17) is 5.73 Å². The highest BCUT2D eigenvalue weighted by Crippen LogP contribution is 2.36. The van der Waals surface area contributed by atoms with Crippen molar-refractivity contribution in [1.29, 1.82) is 0 Å². The van der Waals surface area contributed by atoms with Crippen molar-refractivity contribution in [3.8, 4) is 0 Å². The average molecular weight is 293 g/mol. The Morgan fingerprint density at radius 2 is 2.10 bits per heavy atom. The van der Waals surface area contributed by atoms with E-state index in [2.05, 4.69) is 22.1 Å². The van der Waals surface area contributed by atoms with E-state index in [0.717, 1.165) is 12.0 Å². The maximum Gasteiger partial charge on any atom is 0.343 e. The molecule has 0 saturated heterocycles. The van der Waals surface area contributed by atoms with Gasteiger partial charge in [-0.3, -0.25) is 9.55 Å². The monoisotopic (exact) mass is 293 g/mol. The second kappa shape index (κ2) is 6.71. The first-order chi connectivity index (χ1) is 9.67. The number of H-pyrrole nitrogens is 1. The van der Waals surface area contributed by atoms with Crippen molar-refractivity contribution in [2.75, 3.05) is 0 Å². The predicted molar refractivity (Wildman–Crippen MR) is 79.6 cm³/mol. The fourth-order valence-corrected chi connectivity index (χ4v) is 3.28. The van der Waals surface area contributed by atoms with Gasteiger partial charge in [-0.15, -0.1) is 5.10 Å². The molecule has 0 spiro atoms. The van der Waals surface area contributed by atoms with Crippen LogP contribution < -0.4 is 11.4 Å². The van der Waals surface area contributed by atoms with Gasteiger partial charge in [-0.25, -0.2) is 9.89 Å². The Kier molecular flexibility index (Phi) is 4.97.